The summed E-state index contributed by atoms with van der Waals surface area (Å²) < 4.78 is 2.68. The number of amides is 1. The molecule has 0 unspecified atom stereocenters. The molecule has 2 aromatic rings. The Kier molecular flexibility index (Phi) is 5.26. The molecule has 22 heavy (non-hydrogen) atoms. The highest BCUT2D eigenvalue weighted by atomic mass is 79.9. The lowest BCUT2D eigenvalue weighted by atomic mass is 10.1. The summed E-state index contributed by atoms with van der Waals surface area (Å²) in [4.78, 5) is 22.5. The second kappa shape index (κ2) is 7.17. The van der Waals surface area contributed by atoms with E-state index in [2.05, 4.69) is 26.3 Å². The minimum absolute atomic E-state index is 0.0472. The van der Waals surface area contributed by atoms with Crippen LogP contribution in [0.2, 0.25) is 0 Å². The number of rotatable bonds is 6. The third-order valence-electron chi connectivity index (χ3n) is 3.20. The lowest BCUT2D eigenvalue weighted by molar-refractivity contribution is -0.385. The predicted molar refractivity (Wildman–Crippen MR) is 84.7 cm³/mol. The minimum atomic E-state index is -0.484. The van der Waals surface area contributed by atoms with Gasteiger partial charge in [-0.25, -0.2) is 0 Å². The lowest BCUT2D eigenvalue weighted by Gasteiger charge is -2.08. The van der Waals surface area contributed by atoms with Crippen molar-refractivity contribution in [2.75, 3.05) is 6.54 Å². The Morgan fingerprint density at radius 2 is 2.27 bits per heavy atom. The molecule has 1 heterocycles. The molecule has 0 radical (unpaired) electrons. The maximum Gasteiger partial charge on any atom is 0.273 e. The number of nitrogens with zero attached hydrogens (tertiary/aromatic N) is 3. The zero-order valence-corrected chi connectivity index (χ0v) is 13.5. The van der Waals surface area contributed by atoms with Crippen LogP contribution in [0.4, 0.5) is 5.69 Å². The topological polar surface area (TPSA) is 90.1 Å². The van der Waals surface area contributed by atoms with Crippen LogP contribution in [-0.2, 0) is 6.54 Å². The summed E-state index contributed by atoms with van der Waals surface area (Å²) in [5, 5.41) is 17.8. The first-order chi connectivity index (χ1) is 10.5. The van der Waals surface area contributed by atoms with Gasteiger partial charge in [-0.3, -0.25) is 19.6 Å². The Labute approximate surface area is 135 Å². The molecule has 7 nitrogen and oxygen atoms in total. The molecule has 116 valence electrons. The number of nitro benzene ring substituents is 1. The van der Waals surface area contributed by atoms with Crippen LogP contribution in [-0.4, -0.2) is 27.2 Å². The second-order valence-corrected chi connectivity index (χ2v) is 5.65. The average Bonchev–Trinajstić information content (AvgIpc) is 2.89. The van der Waals surface area contributed by atoms with Crippen molar-refractivity contribution < 1.29 is 9.72 Å². The number of halogens is 1. The average molecular weight is 367 g/mol. The summed E-state index contributed by atoms with van der Waals surface area (Å²) in [6.07, 6.45) is 4.27. The van der Waals surface area contributed by atoms with E-state index in [0.717, 1.165) is 4.47 Å². The molecule has 1 aromatic carbocycles. The highest BCUT2D eigenvalue weighted by Gasteiger charge is 2.17. The number of nitro groups is 1. The summed E-state index contributed by atoms with van der Waals surface area (Å²) >= 11 is 3.31. The van der Waals surface area contributed by atoms with Gasteiger partial charge in [0.15, 0.2) is 0 Å². The van der Waals surface area contributed by atoms with Crippen LogP contribution in [0.3, 0.4) is 0 Å². The Hall–Kier alpha value is -2.22. The number of aryl methyl sites for hydroxylation is 1. The molecule has 0 fully saturated rings. The fourth-order valence-electron chi connectivity index (χ4n) is 2.07. The minimum Gasteiger partial charge on any atom is -0.352 e. The van der Waals surface area contributed by atoms with Crippen molar-refractivity contribution in [2.45, 2.75) is 19.9 Å². The molecule has 0 aliphatic heterocycles. The molecule has 0 saturated carbocycles. The van der Waals surface area contributed by atoms with Crippen LogP contribution >= 0.6 is 15.9 Å². The maximum absolute atomic E-state index is 12.1. The first-order valence-electron chi connectivity index (χ1n) is 6.69. The number of benzene rings is 1. The van der Waals surface area contributed by atoms with Crippen LogP contribution < -0.4 is 5.32 Å². The quantitative estimate of drug-likeness (QED) is 0.483. The molecule has 8 heteroatoms. The van der Waals surface area contributed by atoms with Crippen LogP contribution in [0.15, 0.2) is 35.1 Å². The summed E-state index contributed by atoms with van der Waals surface area (Å²) in [7, 11) is 0. The zero-order chi connectivity index (χ0) is 16.1. The van der Waals surface area contributed by atoms with E-state index >= 15 is 0 Å². The van der Waals surface area contributed by atoms with Crippen molar-refractivity contribution in [1.82, 2.24) is 15.1 Å². The lowest BCUT2D eigenvalue weighted by Crippen LogP contribution is -2.26. The van der Waals surface area contributed by atoms with Gasteiger partial charge in [-0.05, 0) is 35.3 Å². The molecule has 1 N–H and O–H groups in total. The molecule has 1 aromatic heterocycles. The monoisotopic (exact) mass is 366 g/mol. The Bertz CT molecular complexity index is 699. The van der Waals surface area contributed by atoms with Crippen molar-refractivity contribution in [3.05, 3.63) is 56.3 Å². The standard InChI is InChI=1S/C14H15BrN4O3/c1-10-12(4-2-5-13(10)19(21)22)14(20)16-6-3-7-18-9-11(15)8-17-18/h2,4-5,8-9H,3,6-7H2,1H3,(H,16,20). The number of hydrogen-bond donors (Lipinski definition) is 1. The highest BCUT2D eigenvalue weighted by Crippen LogP contribution is 2.20. The largest absolute Gasteiger partial charge is 0.352 e. The van der Waals surface area contributed by atoms with Gasteiger partial charge in [-0.1, -0.05) is 6.07 Å². The van der Waals surface area contributed by atoms with Crippen LogP contribution in [0.1, 0.15) is 22.3 Å². The SMILES string of the molecule is Cc1c(C(=O)NCCCn2cc(Br)cn2)cccc1[N+](=O)[O-]. The first kappa shape index (κ1) is 16.2. The van der Waals surface area contributed by atoms with Crippen LogP contribution in [0, 0.1) is 17.0 Å². The Morgan fingerprint density at radius 3 is 2.91 bits per heavy atom. The van der Waals surface area contributed by atoms with E-state index in [4.69, 9.17) is 0 Å². The van der Waals surface area contributed by atoms with Gasteiger partial charge in [0.2, 0.25) is 0 Å². The van der Waals surface area contributed by atoms with Gasteiger partial charge in [-0.2, -0.15) is 5.10 Å². The third kappa shape index (κ3) is 3.91. The molecular formula is C14H15BrN4O3. The smallest absolute Gasteiger partial charge is 0.273 e. The summed E-state index contributed by atoms with van der Waals surface area (Å²) in [6, 6.07) is 4.49. The van der Waals surface area contributed by atoms with E-state index in [1.165, 1.54) is 12.1 Å². The van der Waals surface area contributed by atoms with Gasteiger partial charge < -0.3 is 5.32 Å². The molecule has 0 aliphatic rings. The van der Waals surface area contributed by atoms with E-state index in [1.807, 2.05) is 6.20 Å². The fraction of sp³-hybridized carbons (Fsp3) is 0.286. The molecule has 0 saturated heterocycles. The molecule has 0 spiro atoms. The maximum atomic E-state index is 12.1. The Balaban J connectivity index is 1.90. The van der Waals surface area contributed by atoms with Gasteiger partial charge in [0.05, 0.1) is 15.6 Å². The molecular weight excluding hydrogens is 352 g/mol. The predicted octanol–water partition coefficient (Wildman–Crippen LogP) is 2.68. The summed E-state index contributed by atoms with van der Waals surface area (Å²) in [5.74, 6) is -0.303. The summed E-state index contributed by atoms with van der Waals surface area (Å²) in [5.41, 5.74) is 0.658. The third-order valence-corrected chi connectivity index (χ3v) is 3.61. The van der Waals surface area contributed by atoms with Crippen molar-refractivity contribution >= 4 is 27.5 Å². The van der Waals surface area contributed by atoms with E-state index < -0.39 is 4.92 Å². The van der Waals surface area contributed by atoms with Crippen LogP contribution in [0.25, 0.3) is 0 Å². The number of aromatic nitrogens is 2. The Morgan fingerprint density at radius 1 is 1.50 bits per heavy atom. The van der Waals surface area contributed by atoms with E-state index in [1.54, 1.807) is 23.9 Å². The van der Waals surface area contributed by atoms with Gasteiger partial charge in [0.25, 0.3) is 11.6 Å². The first-order valence-corrected chi connectivity index (χ1v) is 7.48. The van der Waals surface area contributed by atoms with Crippen molar-refractivity contribution in [3.8, 4) is 0 Å². The van der Waals surface area contributed by atoms with Gasteiger partial charge in [0, 0.05) is 36.5 Å². The van der Waals surface area contributed by atoms with Gasteiger partial charge in [-0.15, -0.1) is 0 Å². The second-order valence-electron chi connectivity index (χ2n) is 4.74. The summed E-state index contributed by atoms with van der Waals surface area (Å²) in [6.45, 7) is 2.73. The molecule has 1 amide bonds. The number of nitrogens with one attached hydrogen (secondary N) is 1. The van der Waals surface area contributed by atoms with E-state index in [9.17, 15) is 14.9 Å². The number of carbonyl (C=O) groups is 1. The molecule has 0 aliphatic carbocycles. The zero-order valence-electron chi connectivity index (χ0n) is 12.0. The normalized spacial score (nSPS) is 10.5. The van der Waals surface area contributed by atoms with Crippen molar-refractivity contribution in [3.63, 3.8) is 0 Å². The molecule has 0 bridgehead atoms. The highest BCUT2D eigenvalue weighted by molar-refractivity contribution is 9.10. The van der Waals surface area contributed by atoms with E-state index in [-0.39, 0.29) is 11.6 Å². The van der Waals surface area contributed by atoms with Crippen LogP contribution in [0.5, 0.6) is 0 Å². The van der Waals surface area contributed by atoms with Crippen molar-refractivity contribution in [2.24, 2.45) is 0 Å². The van der Waals surface area contributed by atoms with Gasteiger partial charge >= 0.3 is 0 Å². The number of carbonyl (C=O) groups excluding carboxylic acids is 1. The van der Waals surface area contributed by atoms with Gasteiger partial charge in [0.1, 0.15) is 0 Å². The number of hydrogen-bond acceptors (Lipinski definition) is 4. The molecule has 0 atom stereocenters. The molecule has 2 rings (SSSR count). The fourth-order valence-corrected chi connectivity index (χ4v) is 2.39. The van der Waals surface area contributed by atoms with E-state index in [0.29, 0.717) is 30.6 Å². The van der Waals surface area contributed by atoms with Crippen molar-refractivity contribution in [1.29, 1.82) is 0 Å².